The molecule has 0 aliphatic carbocycles. The highest BCUT2D eigenvalue weighted by molar-refractivity contribution is 5.69. The first-order valence-electron chi connectivity index (χ1n) is 3.98. The van der Waals surface area contributed by atoms with Gasteiger partial charge in [-0.15, -0.1) is 0 Å². The summed E-state index contributed by atoms with van der Waals surface area (Å²) >= 11 is 0. The van der Waals surface area contributed by atoms with Crippen molar-refractivity contribution in [1.29, 1.82) is 5.26 Å². The van der Waals surface area contributed by atoms with Gasteiger partial charge >= 0.3 is 6.18 Å². The molecule has 0 radical (unpaired) electrons. The Morgan fingerprint density at radius 1 is 1.27 bits per heavy atom. The van der Waals surface area contributed by atoms with Crippen molar-refractivity contribution in [3.05, 3.63) is 23.3 Å². The van der Waals surface area contributed by atoms with Gasteiger partial charge in [0.1, 0.15) is 0 Å². The summed E-state index contributed by atoms with van der Waals surface area (Å²) in [5.74, 6) is 0. The topological polar surface area (TPSA) is 75.8 Å². The molecule has 0 heterocycles. The number of nitriles is 1. The van der Waals surface area contributed by atoms with Crippen molar-refractivity contribution in [2.45, 2.75) is 12.6 Å². The third-order valence-corrected chi connectivity index (χ3v) is 1.86. The molecular weight excluding hydrogens is 207 g/mol. The number of nitrogens with zero attached hydrogens (tertiary/aromatic N) is 1. The van der Waals surface area contributed by atoms with E-state index in [1.54, 1.807) is 6.07 Å². The Labute approximate surface area is 84.1 Å². The van der Waals surface area contributed by atoms with E-state index in [0.717, 1.165) is 6.07 Å². The highest BCUT2D eigenvalue weighted by atomic mass is 19.4. The van der Waals surface area contributed by atoms with Crippen molar-refractivity contribution in [1.82, 2.24) is 0 Å². The lowest BCUT2D eigenvalue weighted by molar-refractivity contribution is -0.136. The molecule has 0 bridgehead atoms. The van der Waals surface area contributed by atoms with E-state index in [1.165, 1.54) is 6.07 Å². The average Bonchev–Trinajstić information content (AvgIpc) is 2.09. The molecule has 0 aromatic heterocycles. The molecule has 6 heteroatoms. The zero-order valence-corrected chi connectivity index (χ0v) is 7.60. The summed E-state index contributed by atoms with van der Waals surface area (Å²) in [6.45, 7) is 0. The second-order valence-electron chi connectivity index (χ2n) is 2.98. The third kappa shape index (κ3) is 2.31. The van der Waals surface area contributed by atoms with Crippen LogP contribution >= 0.6 is 0 Å². The molecule has 0 saturated carbocycles. The molecule has 1 rings (SSSR count). The van der Waals surface area contributed by atoms with Gasteiger partial charge in [0.05, 0.1) is 29.4 Å². The monoisotopic (exact) mass is 215 g/mol. The van der Waals surface area contributed by atoms with Crippen molar-refractivity contribution in [3.8, 4) is 6.07 Å². The van der Waals surface area contributed by atoms with Crippen LogP contribution in [0.4, 0.5) is 24.5 Å². The van der Waals surface area contributed by atoms with Crippen molar-refractivity contribution in [3.63, 3.8) is 0 Å². The fourth-order valence-corrected chi connectivity index (χ4v) is 1.17. The van der Waals surface area contributed by atoms with E-state index in [4.69, 9.17) is 16.7 Å². The van der Waals surface area contributed by atoms with Gasteiger partial charge in [-0.1, -0.05) is 0 Å². The number of nitrogens with two attached hydrogens (primary N) is 2. The van der Waals surface area contributed by atoms with Gasteiger partial charge in [-0.2, -0.15) is 18.4 Å². The summed E-state index contributed by atoms with van der Waals surface area (Å²) in [6.07, 6.45) is -4.68. The molecule has 0 aliphatic heterocycles. The van der Waals surface area contributed by atoms with Crippen LogP contribution in [0.2, 0.25) is 0 Å². The summed E-state index contributed by atoms with van der Waals surface area (Å²) in [5, 5.41) is 8.37. The first-order chi connectivity index (χ1) is 6.86. The molecule has 0 unspecified atom stereocenters. The number of halogens is 3. The van der Waals surface area contributed by atoms with Crippen LogP contribution in [0.1, 0.15) is 11.1 Å². The van der Waals surface area contributed by atoms with E-state index in [1.807, 2.05) is 0 Å². The quantitative estimate of drug-likeness (QED) is 0.703. The lowest BCUT2D eigenvalue weighted by Crippen LogP contribution is -2.11. The Bertz CT molecular complexity index is 418. The van der Waals surface area contributed by atoms with Crippen LogP contribution in [0.25, 0.3) is 0 Å². The number of nitrogen functional groups attached to an aromatic ring is 2. The minimum Gasteiger partial charge on any atom is -0.397 e. The number of anilines is 2. The van der Waals surface area contributed by atoms with E-state index >= 15 is 0 Å². The molecule has 0 saturated heterocycles. The van der Waals surface area contributed by atoms with E-state index in [-0.39, 0.29) is 17.7 Å². The Balaban J connectivity index is 3.33. The molecule has 1 aromatic carbocycles. The first kappa shape index (κ1) is 11.2. The van der Waals surface area contributed by atoms with Gasteiger partial charge in [-0.25, -0.2) is 0 Å². The van der Waals surface area contributed by atoms with Crippen molar-refractivity contribution in [2.75, 3.05) is 11.5 Å². The molecule has 80 valence electrons. The minimum atomic E-state index is -4.55. The first-order valence-corrected chi connectivity index (χ1v) is 3.98. The third-order valence-electron chi connectivity index (χ3n) is 1.86. The molecule has 0 amide bonds. The summed E-state index contributed by atoms with van der Waals surface area (Å²) in [7, 11) is 0. The van der Waals surface area contributed by atoms with Crippen molar-refractivity contribution in [2.24, 2.45) is 0 Å². The van der Waals surface area contributed by atoms with Gasteiger partial charge in [0.15, 0.2) is 0 Å². The molecule has 3 nitrogen and oxygen atoms in total. The maximum Gasteiger partial charge on any atom is 0.418 e. The number of hydrogen-bond acceptors (Lipinski definition) is 3. The highest BCUT2D eigenvalue weighted by Gasteiger charge is 2.34. The van der Waals surface area contributed by atoms with Gasteiger partial charge in [-0.05, 0) is 17.7 Å². The molecular formula is C9H8F3N3. The van der Waals surface area contributed by atoms with E-state index in [0.29, 0.717) is 0 Å². The lowest BCUT2D eigenvalue weighted by Gasteiger charge is -2.13. The van der Waals surface area contributed by atoms with Crippen LogP contribution in [0.5, 0.6) is 0 Å². The number of alkyl halides is 3. The van der Waals surface area contributed by atoms with Gasteiger partial charge in [0.2, 0.25) is 0 Å². The Kier molecular flexibility index (Phi) is 2.75. The molecule has 1 aromatic rings. The average molecular weight is 215 g/mol. The van der Waals surface area contributed by atoms with Gasteiger partial charge in [0, 0.05) is 0 Å². The summed E-state index contributed by atoms with van der Waals surface area (Å²) < 4.78 is 37.3. The van der Waals surface area contributed by atoms with Crippen LogP contribution in [0.3, 0.4) is 0 Å². The predicted molar refractivity (Wildman–Crippen MR) is 49.6 cm³/mol. The van der Waals surface area contributed by atoms with Crippen LogP contribution in [-0.2, 0) is 12.6 Å². The molecule has 0 atom stereocenters. The van der Waals surface area contributed by atoms with E-state index in [9.17, 15) is 13.2 Å². The standard InChI is InChI=1S/C9H8F3N3/c10-9(11,12)6-3-5(1-2-13)4-7(14)8(6)15/h3-4H,1,14-15H2. The minimum absolute atomic E-state index is 0.131. The van der Waals surface area contributed by atoms with Gasteiger partial charge in [-0.3, -0.25) is 0 Å². The lowest BCUT2D eigenvalue weighted by atomic mass is 10.0. The van der Waals surface area contributed by atoms with E-state index in [2.05, 4.69) is 0 Å². The normalized spacial score (nSPS) is 11.1. The predicted octanol–water partition coefficient (Wildman–Crippen LogP) is 1.94. The largest absolute Gasteiger partial charge is 0.418 e. The zero-order chi connectivity index (χ0) is 11.6. The maximum atomic E-state index is 12.4. The second-order valence-corrected chi connectivity index (χ2v) is 2.98. The molecule has 0 fully saturated rings. The summed E-state index contributed by atoms with van der Waals surface area (Å²) in [6, 6.07) is 3.86. The summed E-state index contributed by atoms with van der Waals surface area (Å²) in [4.78, 5) is 0. The SMILES string of the molecule is N#CCc1cc(N)c(N)c(C(F)(F)F)c1. The zero-order valence-electron chi connectivity index (χ0n) is 7.60. The molecule has 0 spiro atoms. The number of rotatable bonds is 1. The Morgan fingerprint density at radius 3 is 2.33 bits per heavy atom. The van der Waals surface area contributed by atoms with Crippen molar-refractivity contribution < 1.29 is 13.2 Å². The molecule has 15 heavy (non-hydrogen) atoms. The highest BCUT2D eigenvalue weighted by Crippen LogP contribution is 2.36. The maximum absolute atomic E-state index is 12.4. The van der Waals surface area contributed by atoms with Crippen molar-refractivity contribution >= 4 is 11.4 Å². The van der Waals surface area contributed by atoms with Crippen LogP contribution in [-0.4, -0.2) is 0 Å². The van der Waals surface area contributed by atoms with E-state index < -0.39 is 17.4 Å². The Morgan fingerprint density at radius 2 is 1.87 bits per heavy atom. The smallest absolute Gasteiger partial charge is 0.397 e. The number of benzene rings is 1. The summed E-state index contributed by atoms with van der Waals surface area (Å²) in [5.41, 5.74) is 9.08. The molecule has 0 aliphatic rings. The molecule has 4 N–H and O–H groups in total. The fraction of sp³-hybridized carbons (Fsp3) is 0.222. The number of hydrogen-bond donors (Lipinski definition) is 2. The van der Waals surface area contributed by atoms with Crippen LogP contribution in [0, 0.1) is 11.3 Å². The van der Waals surface area contributed by atoms with Gasteiger partial charge < -0.3 is 11.5 Å². The van der Waals surface area contributed by atoms with Crippen LogP contribution < -0.4 is 11.5 Å². The Hall–Kier alpha value is -1.90. The van der Waals surface area contributed by atoms with Gasteiger partial charge in [0.25, 0.3) is 0 Å². The second kappa shape index (κ2) is 3.69. The van der Waals surface area contributed by atoms with Crippen LogP contribution in [0.15, 0.2) is 12.1 Å². The fourth-order valence-electron chi connectivity index (χ4n) is 1.17.